The zero-order valence-corrected chi connectivity index (χ0v) is 13.2. The van der Waals surface area contributed by atoms with Crippen molar-refractivity contribution in [2.24, 2.45) is 0 Å². The van der Waals surface area contributed by atoms with Crippen molar-refractivity contribution in [1.29, 1.82) is 0 Å². The lowest BCUT2D eigenvalue weighted by molar-refractivity contribution is -0.0716. The first-order chi connectivity index (χ1) is 9.76. The maximum atomic E-state index is 6.18. The number of hydrogen-bond donors (Lipinski definition) is 1. The van der Waals surface area contributed by atoms with E-state index in [1.807, 2.05) is 0 Å². The van der Waals surface area contributed by atoms with Crippen LogP contribution in [-0.4, -0.2) is 18.9 Å². The van der Waals surface area contributed by atoms with Crippen molar-refractivity contribution in [1.82, 2.24) is 5.32 Å². The predicted molar refractivity (Wildman–Crippen MR) is 81.4 cm³/mol. The van der Waals surface area contributed by atoms with Gasteiger partial charge in [0.2, 0.25) is 0 Å². The molecule has 1 N–H and O–H groups in total. The van der Waals surface area contributed by atoms with Crippen molar-refractivity contribution in [3.8, 4) is 11.5 Å². The van der Waals surface area contributed by atoms with E-state index in [9.17, 15) is 0 Å². The second-order valence-electron chi connectivity index (χ2n) is 6.17. The summed E-state index contributed by atoms with van der Waals surface area (Å²) in [5.41, 5.74) is 1.38. The smallest absolute Gasteiger partial charge is 0.251 e. The van der Waals surface area contributed by atoms with E-state index < -0.39 is 0 Å². The molecule has 4 rings (SSSR count). The molecule has 2 aliphatic heterocycles. The van der Waals surface area contributed by atoms with Crippen molar-refractivity contribution in [2.45, 2.75) is 50.2 Å². The second kappa shape index (κ2) is 4.92. The number of nitrogens with one attached hydrogen (secondary N) is 1. The van der Waals surface area contributed by atoms with Gasteiger partial charge in [-0.3, -0.25) is 0 Å². The quantitative estimate of drug-likeness (QED) is 0.841. The Labute approximate surface area is 128 Å². The predicted octanol–water partition coefficient (Wildman–Crippen LogP) is 3.96. The lowest BCUT2D eigenvalue weighted by atomic mass is 9.90. The zero-order valence-electron chi connectivity index (χ0n) is 11.6. The van der Waals surface area contributed by atoms with Gasteiger partial charge in [-0.25, -0.2) is 0 Å². The molecule has 108 valence electrons. The van der Waals surface area contributed by atoms with Crippen LogP contribution in [0.15, 0.2) is 16.6 Å². The molecule has 20 heavy (non-hydrogen) atoms. The van der Waals surface area contributed by atoms with Crippen molar-refractivity contribution in [3.63, 3.8) is 0 Å². The molecule has 0 bridgehead atoms. The van der Waals surface area contributed by atoms with Crippen LogP contribution in [0, 0.1) is 0 Å². The summed E-state index contributed by atoms with van der Waals surface area (Å²) in [6.07, 6.45) is 6.84. The minimum atomic E-state index is -0.353. The Balaban J connectivity index is 1.64. The fraction of sp³-hybridized carbons (Fsp3) is 0.625. The van der Waals surface area contributed by atoms with Gasteiger partial charge >= 0.3 is 0 Å². The monoisotopic (exact) mass is 337 g/mol. The second-order valence-corrected chi connectivity index (χ2v) is 7.02. The molecule has 0 atom stereocenters. The lowest BCUT2D eigenvalue weighted by Crippen LogP contribution is -2.34. The number of hydrogen-bond acceptors (Lipinski definition) is 3. The largest absolute Gasteiger partial charge is 0.448 e. The molecule has 1 aromatic carbocycles. The number of ether oxygens (including phenoxy) is 2. The SMILES string of the molecule is Brc1cc2c(cc1C1CCNCC1)OC1(CCCC1)O2. The van der Waals surface area contributed by atoms with E-state index in [1.165, 1.54) is 35.7 Å². The van der Waals surface area contributed by atoms with Crippen LogP contribution in [0.2, 0.25) is 0 Å². The standard InChI is InChI=1S/C16H20BrNO2/c17-13-10-15-14(19-16(20-15)5-1-2-6-16)9-12(13)11-3-7-18-8-4-11/h9-11,18H,1-8H2. The molecule has 1 aromatic rings. The van der Waals surface area contributed by atoms with Crippen LogP contribution in [-0.2, 0) is 0 Å². The van der Waals surface area contributed by atoms with Gasteiger partial charge in [-0.2, -0.15) is 0 Å². The van der Waals surface area contributed by atoms with Gasteiger partial charge in [0.15, 0.2) is 11.5 Å². The number of halogens is 1. The molecule has 3 aliphatic rings. The Morgan fingerprint density at radius 1 is 1.05 bits per heavy atom. The van der Waals surface area contributed by atoms with Gasteiger partial charge in [0.25, 0.3) is 5.79 Å². The molecule has 2 fully saturated rings. The van der Waals surface area contributed by atoms with Crippen molar-refractivity contribution in [2.75, 3.05) is 13.1 Å². The molecule has 1 saturated heterocycles. The van der Waals surface area contributed by atoms with Crippen LogP contribution >= 0.6 is 15.9 Å². The van der Waals surface area contributed by atoms with Crippen molar-refractivity contribution >= 4 is 15.9 Å². The molecule has 3 nitrogen and oxygen atoms in total. The minimum absolute atomic E-state index is 0.353. The molecule has 1 spiro atoms. The third-order valence-corrected chi connectivity index (χ3v) is 5.49. The van der Waals surface area contributed by atoms with Crippen LogP contribution < -0.4 is 14.8 Å². The first-order valence-electron chi connectivity index (χ1n) is 7.68. The van der Waals surface area contributed by atoms with E-state index in [2.05, 4.69) is 33.4 Å². The van der Waals surface area contributed by atoms with Crippen LogP contribution in [0.5, 0.6) is 11.5 Å². The topological polar surface area (TPSA) is 30.5 Å². The molecular formula is C16H20BrNO2. The van der Waals surface area contributed by atoms with E-state index in [0.29, 0.717) is 5.92 Å². The van der Waals surface area contributed by atoms with Crippen LogP contribution in [0.25, 0.3) is 0 Å². The Kier molecular flexibility index (Phi) is 3.19. The number of rotatable bonds is 1. The molecule has 0 amide bonds. The van der Waals surface area contributed by atoms with Gasteiger partial charge in [0.05, 0.1) is 0 Å². The highest BCUT2D eigenvalue weighted by Crippen LogP contribution is 2.49. The average molecular weight is 338 g/mol. The molecule has 0 unspecified atom stereocenters. The van der Waals surface area contributed by atoms with Crippen molar-refractivity contribution in [3.05, 3.63) is 22.2 Å². The maximum Gasteiger partial charge on any atom is 0.251 e. The zero-order chi connectivity index (χ0) is 13.6. The third kappa shape index (κ3) is 2.13. The van der Waals surface area contributed by atoms with Crippen LogP contribution in [0.3, 0.4) is 0 Å². The number of fused-ring (bicyclic) bond motifs is 1. The summed E-state index contributed by atoms with van der Waals surface area (Å²) in [6.45, 7) is 2.21. The number of piperidine rings is 1. The van der Waals surface area contributed by atoms with Gasteiger partial charge in [-0.15, -0.1) is 0 Å². The summed E-state index contributed by atoms with van der Waals surface area (Å²) >= 11 is 3.73. The summed E-state index contributed by atoms with van der Waals surface area (Å²) in [7, 11) is 0. The molecule has 4 heteroatoms. The maximum absolute atomic E-state index is 6.18. The van der Waals surface area contributed by atoms with Crippen LogP contribution in [0.4, 0.5) is 0 Å². The Hall–Kier alpha value is -0.740. The Morgan fingerprint density at radius 3 is 2.40 bits per heavy atom. The Morgan fingerprint density at radius 2 is 1.70 bits per heavy atom. The molecule has 0 radical (unpaired) electrons. The molecule has 1 aliphatic carbocycles. The summed E-state index contributed by atoms with van der Waals surface area (Å²) in [6, 6.07) is 4.32. The van der Waals surface area contributed by atoms with Crippen LogP contribution in [0.1, 0.15) is 50.0 Å². The average Bonchev–Trinajstić information content (AvgIpc) is 3.05. The highest BCUT2D eigenvalue weighted by molar-refractivity contribution is 9.10. The highest BCUT2D eigenvalue weighted by atomic mass is 79.9. The fourth-order valence-electron chi connectivity index (χ4n) is 3.70. The fourth-order valence-corrected chi connectivity index (χ4v) is 4.34. The van der Waals surface area contributed by atoms with E-state index in [4.69, 9.17) is 9.47 Å². The van der Waals surface area contributed by atoms with E-state index in [0.717, 1.165) is 37.4 Å². The lowest BCUT2D eigenvalue weighted by Gasteiger charge is -2.24. The van der Waals surface area contributed by atoms with E-state index in [1.54, 1.807) is 0 Å². The van der Waals surface area contributed by atoms with E-state index in [-0.39, 0.29) is 5.79 Å². The summed E-state index contributed by atoms with van der Waals surface area (Å²) in [4.78, 5) is 0. The summed E-state index contributed by atoms with van der Waals surface area (Å²) in [5, 5.41) is 3.42. The Bertz CT molecular complexity index is 519. The summed E-state index contributed by atoms with van der Waals surface area (Å²) < 4.78 is 13.5. The molecule has 2 heterocycles. The normalized spacial score (nSPS) is 24.4. The molecular weight excluding hydrogens is 318 g/mol. The third-order valence-electron chi connectivity index (χ3n) is 4.80. The highest BCUT2D eigenvalue weighted by Gasteiger charge is 2.44. The number of benzene rings is 1. The van der Waals surface area contributed by atoms with E-state index >= 15 is 0 Å². The molecule has 1 saturated carbocycles. The summed E-state index contributed by atoms with van der Waals surface area (Å²) in [5.74, 6) is 2.13. The van der Waals surface area contributed by atoms with Crippen molar-refractivity contribution < 1.29 is 9.47 Å². The van der Waals surface area contributed by atoms with Gasteiger partial charge in [0.1, 0.15) is 0 Å². The van der Waals surface area contributed by atoms with Gasteiger partial charge in [-0.1, -0.05) is 15.9 Å². The van der Waals surface area contributed by atoms with Gasteiger partial charge in [-0.05, 0) is 62.4 Å². The minimum Gasteiger partial charge on any atom is -0.448 e. The molecule has 0 aromatic heterocycles. The van der Waals surface area contributed by atoms with Gasteiger partial charge in [0, 0.05) is 17.3 Å². The van der Waals surface area contributed by atoms with Gasteiger partial charge < -0.3 is 14.8 Å². The first kappa shape index (κ1) is 13.0. The first-order valence-corrected chi connectivity index (χ1v) is 8.47.